The second-order valence-electron chi connectivity index (χ2n) is 7.26. The van der Waals surface area contributed by atoms with E-state index in [4.69, 9.17) is 4.74 Å². The van der Waals surface area contributed by atoms with Crippen LogP contribution in [-0.2, 0) is 9.53 Å². The molecule has 0 saturated heterocycles. The molecule has 1 fully saturated rings. The quantitative estimate of drug-likeness (QED) is 0.792. The van der Waals surface area contributed by atoms with Crippen molar-refractivity contribution in [2.24, 2.45) is 0 Å². The first-order valence-electron chi connectivity index (χ1n) is 9.28. The van der Waals surface area contributed by atoms with E-state index >= 15 is 0 Å². The number of aromatic nitrogens is 2. The van der Waals surface area contributed by atoms with Crippen LogP contribution in [0.5, 0.6) is 0 Å². The third kappa shape index (κ3) is 3.74. The molecule has 0 aliphatic heterocycles. The van der Waals surface area contributed by atoms with E-state index in [1.165, 1.54) is 4.68 Å². The lowest BCUT2D eigenvalue weighted by Gasteiger charge is -2.21. The van der Waals surface area contributed by atoms with Crippen molar-refractivity contribution in [1.29, 1.82) is 5.26 Å². The summed E-state index contributed by atoms with van der Waals surface area (Å²) in [5, 5.41) is 16.9. The zero-order chi connectivity index (χ0) is 20.3. The lowest BCUT2D eigenvalue weighted by atomic mass is 10.00. The number of ether oxygens (including phenoxy) is 1. The first kappa shape index (κ1) is 19.5. The SMILES string of the molecule is CC(C)n1nc(C(=O)OCC(=O)NC2(C#N)CCCC2)c2ccccc2c1=O. The maximum absolute atomic E-state index is 12.6. The molecule has 2 aromatic rings. The van der Waals surface area contributed by atoms with Crippen LogP contribution in [0, 0.1) is 11.3 Å². The molecule has 0 atom stereocenters. The van der Waals surface area contributed by atoms with E-state index < -0.39 is 24.0 Å². The molecule has 0 radical (unpaired) electrons. The van der Waals surface area contributed by atoms with E-state index in [0.29, 0.717) is 23.6 Å². The lowest BCUT2D eigenvalue weighted by Crippen LogP contribution is -2.46. The molecule has 1 aromatic carbocycles. The summed E-state index contributed by atoms with van der Waals surface area (Å²) in [6.07, 6.45) is 2.93. The van der Waals surface area contributed by atoms with Gasteiger partial charge in [0, 0.05) is 5.39 Å². The maximum Gasteiger partial charge on any atom is 0.359 e. The highest BCUT2D eigenvalue weighted by Crippen LogP contribution is 2.28. The van der Waals surface area contributed by atoms with Gasteiger partial charge in [-0.25, -0.2) is 9.48 Å². The fourth-order valence-electron chi connectivity index (χ4n) is 3.45. The van der Waals surface area contributed by atoms with Crippen molar-refractivity contribution in [3.05, 3.63) is 40.3 Å². The van der Waals surface area contributed by atoms with Crippen molar-refractivity contribution in [1.82, 2.24) is 15.1 Å². The first-order valence-corrected chi connectivity index (χ1v) is 9.28. The molecule has 8 nitrogen and oxygen atoms in total. The maximum atomic E-state index is 12.6. The molecule has 146 valence electrons. The smallest absolute Gasteiger partial charge is 0.359 e. The minimum atomic E-state index is -0.876. The second kappa shape index (κ2) is 7.80. The number of nitrogens with one attached hydrogen (secondary N) is 1. The van der Waals surface area contributed by atoms with Crippen LogP contribution >= 0.6 is 0 Å². The van der Waals surface area contributed by atoms with E-state index in [-0.39, 0.29) is 17.3 Å². The van der Waals surface area contributed by atoms with Crippen LogP contribution in [0.1, 0.15) is 56.1 Å². The number of hydrogen-bond acceptors (Lipinski definition) is 6. The average molecular weight is 382 g/mol. The third-order valence-corrected chi connectivity index (χ3v) is 4.90. The fourth-order valence-corrected chi connectivity index (χ4v) is 3.45. The minimum Gasteiger partial charge on any atom is -0.451 e. The van der Waals surface area contributed by atoms with Crippen molar-refractivity contribution < 1.29 is 14.3 Å². The van der Waals surface area contributed by atoms with Crippen LogP contribution < -0.4 is 10.9 Å². The summed E-state index contributed by atoms with van der Waals surface area (Å²) in [7, 11) is 0. The normalized spacial score (nSPS) is 15.4. The molecule has 1 saturated carbocycles. The predicted octanol–water partition coefficient (Wildman–Crippen LogP) is 2.09. The Morgan fingerprint density at radius 2 is 1.93 bits per heavy atom. The van der Waals surface area contributed by atoms with Gasteiger partial charge in [0.25, 0.3) is 11.5 Å². The summed E-state index contributed by atoms with van der Waals surface area (Å²) in [4.78, 5) is 37.3. The Bertz CT molecular complexity index is 1010. The van der Waals surface area contributed by atoms with Crippen molar-refractivity contribution in [3.8, 4) is 6.07 Å². The van der Waals surface area contributed by atoms with E-state index in [1.807, 2.05) is 0 Å². The summed E-state index contributed by atoms with van der Waals surface area (Å²) in [6, 6.07) is 8.56. The van der Waals surface area contributed by atoms with Gasteiger partial charge in [-0.1, -0.05) is 18.2 Å². The van der Waals surface area contributed by atoms with Crippen molar-refractivity contribution in [2.45, 2.75) is 51.1 Å². The summed E-state index contributed by atoms with van der Waals surface area (Å²) < 4.78 is 6.36. The van der Waals surface area contributed by atoms with Gasteiger partial charge >= 0.3 is 5.97 Å². The van der Waals surface area contributed by atoms with Gasteiger partial charge in [-0.15, -0.1) is 0 Å². The van der Waals surface area contributed by atoms with Crippen molar-refractivity contribution >= 4 is 22.6 Å². The Morgan fingerprint density at radius 3 is 2.54 bits per heavy atom. The minimum absolute atomic E-state index is 0.0208. The zero-order valence-corrected chi connectivity index (χ0v) is 15.9. The van der Waals surface area contributed by atoms with Crippen molar-refractivity contribution in [2.75, 3.05) is 6.61 Å². The number of amides is 1. The van der Waals surface area contributed by atoms with Crippen LogP contribution in [0.4, 0.5) is 0 Å². The lowest BCUT2D eigenvalue weighted by molar-refractivity contribution is -0.125. The Morgan fingerprint density at radius 1 is 1.29 bits per heavy atom. The molecular formula is C20H22N4O4. The number of carbonyl (C=O) groups is 2. The third-order valence-electron chi connectivity index (χ3n) is 4.90. The highest BCUT2D eigenvalue weighted by molar-refractivity contribution is 6.02. The molecule has 1 aromatic heterocycles. The number of rotatable bonds is 5. The van der Waals surface area contributed by atoms with Gasteiger partial charge in [0.15, 0.2) is 12.3 Å². The molecule has 0 bridgehead atoms. The van der Waals surface area contributed by atoms with Gasteiger partial charge in [-0.2, -0.15) is 10.4 Å². The van der Waals surface area contributed by atoms with Gasteiger partial charge in [0.05, 0.1) is 17.5 Å². The molecule has 0 spiro atoms. The number of carbonyl (C=O) groups excluding carboxylic acids is 2. The number of fused-ring (bicyclic) bond motifs is 1. The van der Waals surface area contributed by atoms with Crippen LogP contribution in [-0.4, -0.2) is 33.8 Å². The van der Waals surface area contributed by atoms with Crippen LogP contribution in [0.15, 0.2) is 29.1 Å². The number of esters is 1. The first-order chi connectivity index (χ1) is 13.4. The van der Waals surface area contributed by atoms with E-state index in [9.17, 15) is 19.6 Å². The highest BCUT2D eigenvalue weighted by Gasteiger charge is 2.35. The Labute approximate surface area is 162 Å². The van der Waals surface area contributed by atoms with E-state index in [1.54, 1.807) is 38.1 Å². The topological polar surface area (TPSA) is 114 Å². The van der Waals surface area contributed by atoms with Crippen molar-refractivity contribution in [3.63, 3.8) is 0 Å². The molecule has 28 heavy (non-hydrogen) atoms. The van der Waals surface area contributed by atoms with Gasteiger partial charge in [-0.05, 0) is 45.6 Å². The molecule has 1 aliphatic carbocycles. The molecule has 0 unspecified atom stereocenters. The summed E-state index contributed by atoms with van der Waals surface area (Å²) in [5.74, 6) is -1.32. The number of benzene rings is 1. The summed E-state index contributed by atoms with van der Waals surface area (Å²) >= 11 is 0. The van der Waals surface area contributed by atoms with E-state index in [2.05, 4.69) is 16.5 Å². The standard InChI is InChI=1S/C20H22N4O4/c1-13(2)24-18(26)15-8-4-3-7-14(15)17(23-24)19(27)28-11-16(25)22-20(12-21)9-5-6-10-20/h3-4,7-8,13H,5-6,9-11H2,1-2H3,(H,22,25). The summed E-state index contributed by atoms with van der Waals surface area (Å²) in [5.41, 5.74) is -1.19. The Kier molecular flexibility index (Phi) is 5.45. The monoisotopic (exact) mass is 382 g/mol. The van der Waals surface area contributed by atoms with Gasteiger partial charge in [-0.3, -0.25) is 9.59 Å². The summed E-state index contributed by atoms with van der Waals surface area (Å²) in [6.45, 7) is 3.06. The highest BCUT2D eigenvalue weighted by atomic mass is 16.5. The largest absolute Gasteiger partial charge is 0.451 e. The molecule has 1 aliphatic rings. The van der Waals surface area contributed by atoms with Gasteiger partial charge < -0.3 is 10.1 Å². The van der Waals surface area contributed by atoms with Gasteiger partial charge in [0.2, 0.25) is 0 Å². The molecule has 1 heterocycles. The molecule has 3 rings (SSSR count). The fraction of sp³-hybridized carbons (Fsp3) is 0.450. The van der Waals surface area contributed by atoms with Crippen LogP contribution in [0.2, 0.25) is 0 Å². The van der Waals surface area contributed by atoms with Crippen LogP contribution in [0.25, 0.3) is 10.8 Å². The van der Waals surface area contributed by atoms with Crippen LogP contribution in [0.3, 0.4) is 0 Å². The second-order valence-corrected chi connectivity index (χ2v) is 7.26. The number of nitriles is 1. The van der Waals surface area contributed by atoms with E-state index in [0.717, 1.165) is 12.8 Å². The molecular weight excluding hydrogens is 360 g/mol. The molecule has 8 heteroatoms. The Balaban J connectivity index is 1.80. The number of nitrogens with zero attached hydrogens (tertiary/aromatic N) is 3. The molecule has 1 N–H and O–H groups in total. The predicted molar refractivity (Wildman–Crippen MR) is 102 cm³/mol. The molecule has 1 amide bonds. The number of hydrogen-bond donors (Lipinski definition) is 1. The zero-order valence-electron chi connectivity index (χ0n) is 15.9. The van der Waals surface area contributed by atoms with Gasteiger partial charge in [0.1, 0.15) is 5.54 Å². The average Bonchev–Trinajstić information content (AvgIpc) is 3.15. The Hall–Kier alpha value is -3.21.